The van der Waals surface area contributed by atoms with Crippen molar-refractivity contribution in [2.24, 2.45) is 0 Å². The van der Waals surface area contributed by atoms with Crippen molar-refractivity contribution < 1.29 is 9.84 Å². The molecule has 1 aromatic carbocycles. The summed E-state index contributed by atoms with van der Waals surface area (Å²) in [6.07, 6.45) is 0.946. The highest BCUT2D eigenvalue weighted by Crippen LogP contribution is 2.25. The lowest BCUT2D eigenvalue weighted by atomic mass is 10.0. The molecule has 1 atom stereocenters. The Labute approximate surface area is 91.1 Å². The van der Waals surface area contributed by atoms with E-state index >= 15 is 0 Å². The highest BCUT2D eigenvalue weighted by molar-refractivity contribution is 5.34. The second-order valence-corrected chi connectivity index (χ2v) is 3.47. The van der Waals surface area contributed by atoms with Gasteiger partial charge in [-0.2, -0.15) is 0 Å². The lowest BCUT2D eigenvalue weighted by molar-refractivity contribution is 0.195. The van der Waals surface area contributed by atoms with Crippen LogP contribution in [0.2, 0.25) is 0 Å². The zero-order chi connectivity index (χ0) is 11.1. The van der Waals surface area contributed by atoms with Gasteiger partial charge in [0.05, 0.1) is 6.61 Å². The van der Waals surface area contributed by atoms with E-state index in [4.69, 9.17) is 4.74 Å². The Morgan fingerprint density at radius 1 is 1.40 bits per heavy atom. The van der Waals surface area contributed by atoms with Crippen molar-refractivity contribution >= 4 is 0 Å². The zero-order valence-electron chi connectivity index (χ0n) is 9.36. The molecule has 1 aromatic rings. The van der Waals surface area contributed by atoms with Gasteiger partial charge < -0.3 is 15.2 Å². The first kappa shape index (κ1) is 12.0. The van der Waals surface area contributed by atoms with Gasteiger partial charge in [0.25, 0.3) is 0 Å². The number of hydrogen-bond donors (Lipinski definition) is 2. The molecule has 84 valence electrons. The van der Waals surface area contributed by atoms with Crippen LogP contribution < -0.4 is 5.32 Å². The van der Waals surface area contributed by atoms with Gasteiger partial charge in [-0.3, -0.25) is 0 Å². The van der Waals surface area contributed by atoms with E-state index in [0.717, 1.165) is 18.5 Å². The Morgan fingerprint density at radius 2 is 2.13 bits per heavy atom. The summed E-state index contributed by atoms with van der Waals surface area (Å²) in [5, 5.41) is 13.0. The lowest BCUT2D eigenvalue weighted by Gasteiger charge is -2.18. The molecule has 0 unspecified atom stereocenters. The van der Waals surface area contributed by atoms with Crippen LogP contribution in [-0.4, -0.2) is 25.4 Å². The van der Waals surface area contributed by atoms with E-state index in [1.54, 1.807) is 13.2 Å². The van der Waals surface area contributed by atoms with Crippen molar-refractivity contribution in [2.45, 2.75) is 19.4 Å². The number of phenolic OH excluding ortho intramolecular Hbond substituents is 1. The Hall–Kier alpha value is -1.06. The molecule has 1 rings (SSSR count). The monoisotopic (exact) mass is 209 g/mol. The molecule has 3 heteroatoms. The summed E-state index contributed by atoms with van der Waals surface area (Å²) in [6, 6.07) is 7.64. The molecule has 0 saturated carbocycles. The fourth-order valence-corrected chi connectivity index (χ4v) is 1.59. The SMILES string of the molecule is CC[C@@H](NCCOC)c1ccccc1O. The van der Waals surface area contributed by atoms with Crippen LogP contribution in [0.4, 0.5) is 0 Å². The van der Waals surface area contributed by atoms with E-state index in [0.29, 0.717) is 12.4 Å². The molecule has 0 bridgehead atoms. The van der Waals surface area contributed by atoms with Gasteiger partial charge in [0.15, 0.2) is 0 Å². The van der Waals surface area contributed by atoms with Gasteiger partial charge in [0, 0.05) is 25.3 Å². The van der Waals surface area contributed by atoms with Gasteiger partial charge >= 0.3 is 0 Å². The molecule has 0 aromatic heterocycles. The minimum atomic E-state index is 0.196. The molecule has 0 heterocycles. The van der Waals surface area contributed by atoms with Crippen molar-refractivity contribution in [3.05, 3.63) is 29.8 Å². The molecule has 0 amide bonds. The van der Waals surface area contributed by atoms with Gasteiger partial charge in [-0.25, -0.2) is 0 Å². The normalized spacial score (nSPS) is 12.7. The second-order valence-electron chi connectivity index (χ2n) is 3.47. The number of nitrogens with one attached hydrogen (secondary N) is 1. The first-order chi connectivity index (χ1) is 7.29. The number of ether oxygens (including phenoxy) is 1. The average Bonchev–Trinajstić information content (AvgIpc) is 2.26. The number of aromatic hydroxyl groups is 1. The Morgan fingerprint density at radius 3 is 2.73 bits per heavy atom. The van der Waals surface area contributed by atoms with Crippen LogP contribution in [0, 0.1) is 0 Å². The number of rotatable bonds is 6. The summed E-state index contributed by atoms with van der Waals surface area (Å²) < 4.78 is 4.98. The predicted molar refractivity (Wildman–Crippen MR) is 61.0 cm³/mol. The van der Waals surface area contributed by atoms with Crippen molar-refractivity contribution in [3.63, 3.8) is 0 Å². The van der Waals surface area contributed by atoms with Gasteiger partial charge in [-0.15, -0.1) is 0 Å². The summed E-state index contributed by atoms with van der Waals surface area (Å²) in [5.74, 6) is 0.356. The van der Waals surface area contributed by atoms with Gasteiger partial charge in [0.2, 0.25) is 0 Å². The van der Waals surface area contributed by atoms with E-state index < -0.39 is 0 Å². The van der Waals surface area contributed by atoms with Gasteiger partial charge in [-0.1, -0.05) is 25.1 Å². The number of benzene rings is 1. The second kappa shape index (κ2) is 6.43. The Kier molecular flexibility index (Phi) is 5.15. The maximum absolute atomic E-state index is 9.70. The molecule has 2 N–H and O–H groups in total. The topological polar surface area (TPSA) is 41.5 Å². The number of para-hydroxylation sites is 1. The highest BCUT2D eigenvalue weighted by atomic mass is 16.5. The molecule has 3 nitrogen and oxygen atoms in total. The molecule has 0 saturated heterocycles. The third-order valence-electron chi connectivity index (χ3n) is 2.42. The van der Waals surface area contributed by atoms with E-state index in [1.807, 2.05) is 18.2 Å². The van der Waals surface area contributed by atoms with Crippen molar-refractivity contribution in [1.29, 1.82) is 0 Å². The smallest absolute Gasteiger partial charge is 0.120 e. The Balaban J connectivity index is 2.61. The summed E-state index contributed by atoms with van der Waals surface area (Å²) >= 11 is 0. The third kappa shape index (κ3) is 3.53. The van der Waals surface area contributed by atoms with Crippen LogP contribution in [0.1, 0.15) is 24.9 Å². The summed E-state index contributed by atoms with van der Waals surface area (Å²) in [7, 11) is 1.68. The van der Waals surface area contributed by atoms with E-state index in [-0.39, 0.29) is 6.04 Å². The van der Waals surface area contributed by atoms with Crippen LogP contribution >= 0.6 is 0 Å². The van der Waals surface area contributed by atoms with Gasteiger partial charge in [-0.05, 0) is 12.5 Å². The third-order valence-corrected chi connectivity index (χ3v) is 2.42. The van der Waals surface area contributed by atoms with Crippen LogP contribution in [0.5, 0.6) is 5.75 Å². The van der Waals surface area contributed by atoms with Crippen LogP contribution in [0.25, 0.3) is 0 Å². The molecule has 0 radical (unpaired) electrons. The fraction of sp³-hybridized carbons (Fsp3) is 0.500. The van der Waals surface area contributed by atoms with Crippen molar-refractivity contribution in [3.8, 4) is 5.75 Å². The predicted octanol–water partition coefficient (Wildman–Crippen LogP) is 2.08. The minimum Gasteiger partial charge on any atom is -0.508 e. The fourth-order valence-electron chi connectivity index (χ4n) is 1.59. The first-order valence-corrected chi connectivity index (χ1v) is 5.29. The molecule has 15 heavy (non-hydrogen) atoms. The minimum absolute atomic E-state index is 0.196. The summed E-state index contributed by atoms with van der Waals surface area (Å²) in [6.45, 7) is 3.57. The van der Waals surface area contributed by atoms with E-state index in [2.05, 4.69) is 12.2 Å². The number of hydrogen-bond acceptors (Lipinski definition) is 3. The van der Waals surface area contributed by atoms with E-state index in [1.165, 1.54) is 0 Å². The highest BCUT2D eigenvalue weighted by Gasteiger charge is 2.11. The first-order valence-electron chi connectivity index (χ1n) is 5.29. The van der Waals surface area contributed by atoms with E-state index in [9.17, 15) is 5.11 Å². The van der Waals surface area contributed by atoms with Gasteiger partial charge in [0.1, 0.15) is 5.75 Å². The lowest BCUT2D eigenvalue weighted by Crippen LogP contribution is -2.24. The zero-order valence-corrected chi connectivity index (χ0v) is 9.36. The molecule has 0 fully saturated rings. The van der Waals surface area contributed by atoms with Crippen LogP contribution in [-0.2, 0) is 4.74 Å². The summed E-state index contributed by atoms with van der Waals surface area (Å²) in [5.41, 5.74) is 0.955. The number of phenols is 1. The molecular weight excluding hydrogens is 190 g/mol. The standard InChI is InChI=1S/C12H19NO2/c1-3-11(13-8-9-15-2)10-6-4-5-7-12(10)14/h4-7,11,13-14H,3,8-9H2,1-2H3/t11-/m1/s1. The van der Waals surface area contributed by atoms with Crippen molar-refractivity contribution in [2.75, 3.05) is 20.3 Å². The summed E-state index contributed by atoms with van der Waals surface area (Å²) in [4.78, 5) is 0. The maximum Gasteiger partial charge on any atom is 0.120 e. The quantitative estimate of drug-likeness (QED) is 0.705. The largest absolute Gasteiger partial charge is 0.508 e. The molecule has 0 aliphatic heterocycles. The molecule has 0 aliphatic carbocycles. The Bertz CT molecular complexity index is 289. The average molecular weight is 209 g/mol. The molecule has 0 spiro atoms. The molecule has 0 aliphatic rings. The molecular formula is C12H19NO2. The number of methoxy groups -OCH3 is 1. The maximum atomic E-state index is 9.70. The van der Waals surface area contributed by atoms with Crippen LogP contribution in [0.15, 0.2) is 24.3 Å². The van der Waals surface area contributed by atoms with Crippen molar-refractivity contribution in [1.82, 2.24) is 5.32 Å². The van der Waals surface area contributed by atoms with Crippen LogP contribution in [0.3, 0.4) is 0 Å².